The molecule has 20 heavy (non-hydrogen) atoms. The first kappa shape index (κ1) is 16.1. The first-order chi connectivity index (χ1) is 9.65. The molecule has 0 saturated heterocycles. The van der Waals surface area contributed by atoms with E-state index in [1.54, 1.807) is 12.3 Å². The van der Waals surface area contributed by atoms with Crippen LogP contribution in [-0.2, 0) is 11.3 Å². The van der Waals surface area contributed by atoms with Crippen molar-refractivity contribution in [3.8, 4) is 0 Å². The lowest BCUT2D eigenvalue weighted by Gasteiger charge is -2.16. The molecule has 0 bridgehead atoms. The number of carbonyl (C=O) groups excluding carboxylic acids is 1. The van der Waals surface area contributed by atoms with Crippen LogP contribution in [0.2, 0.25) is 0 Å². The van der Waals surface area contributed by atoms with Gasteiger partial charge in [0.05, 0.1) is 12.8 Å². The van der Waals surface area contributed by atoms with Crippen molar-refractivity contribution in [2.45, 2.75) is 39.8 Å². The Morgan fingerprint density at radius 2 is 2.20 bits per heavy atom. The van der Waals surface area contributed by atoms with Crippen molar-refractivity contribution in [3.63, 3.8) is 0 Å². The molecule has 1 amide bonds. The number of nitrogens with zero attached hydrogens (tertiary/aromatic N) is 1. The lowest BCUT2D eigenvalue weighted by Crippen LogP contribution is -2.42. The van der Waals surface area contributed by atoms with Gasteiger partial charge in [0.25, 0.3) is 0 Å². The molecule has 0 aliphatic rings. The Morgan fingerprint density at radius 3 is 2.80 bits per heavy atom. The molecule has 1 unspecified atom stereocenters. The Balaban J connectivity index is 2.38. The summed E-state index contributed by atoms with van der Waals surface area (Å²) < 4.78 is 5.14. The van der Waals surface area contributed by atoms with Gasteiger partial charge >= 0.3 is 0 Å². The summed E-state index contributed by atoms with van der Waals surface area (Å²) in [4.78, 5) is 15.9. The van der Waals surface area contributed by atoms with Crippen molar-refractivity contribution in [1.29, 1.82) is 0 Å². The number of amides is 1. The van der Waals surface area contributed by atoms with Crippen LogP contribution in [0.4, 0.5) is 0 Å². The molecule has 0 aliphatic carbocycles. The highest BCUT2D eigenvalue weighted by molar-refractivity contribution is 5.84. The minimum absolute atomic E-state index is 0.0898. The maximum Gasteiger partial charge on any atom is 0.242 e. The van der Waals surface area contributed by atoms with Crippen molar-refractivity contribution in [2.75, 3.05) is 13.1 Å². The van der Waals surface area contributed by atoms with Gasteiger partial charge in [-0.15, -0.1) is 0 Å². The zero-order valence-electron chi connectivity index (χ0n) is 12.4. The summed E-state index contributed by atoms with van der Waals surface area (Å²) in [6.07, 6.45) is 2.58. The van der Waals surface area contributed by atoms with E-state index in [-0.39, 0.29) is 12.5 Å². The van der Waals surface area contributed by atoms with Gasteiger partial charge in [-0.25, -0.2) is 4.99 Å². The van der Waals surface area contributed by atoms with Gasteiger partial charge in [0.15, 0.2) is 5.96 Å². The van der Waals surface area contributed by atoms with E-state index in [4.69, 9.17) is 4.42 Å². The van der Waals surface area contributed by atoms with Crippen LogP contribution in [0.3, 0.4) is 0 Å². The molecular weight excluding hydrogens is 256 g/mol. The predicted octanol–water partition coefficient (Wildman–Crippen LogP) is 1.25. The fraction of sp³-hybridized carbons (Fsp3) is 0.571. The van der Waals surface area contributed by atoms with E-state index >= 15 is 0 Å². The average molecular weight is 280 g/mol. The standard InChI is InChI=1S/C14H24N4O2/c1-4-11(3)18-14(15-5-2)17-10-13(19)16-9-12-7-6-8-20-12/h6-8,11H,4-5,9-10H2,1-3H3,(H,16,19)(H2,15,17,18). The van der Waals surface area contributed by atoms with Crippen LogP contribution in [-0.4, -0.2) is 31.0 Å². The van der Waals surface area contributed by atoms with Gasteiger partial charge in [-0.2, -0.15) is 0 Å². The first-order valence-corrected chi connectivity index (χ1v) is 6.99. The second kappa shape index (κ2) is 9.01. The van der Waals surface area contributed by atoms with Crippen LogP contribution < -0.4 is 16.0 Å². The van der Waals surface area contributed by atoms with Gasteiger partial charge in [-0.3, -0.25) is 4.79 Å². The Labute approximate surface area is 120 Å². The number of carbonyl (C=O) groups is 1. The number of hydrogen-bond donors (Lipinski definition) is 3. The van der Waals surface area contributed by atoms with E-state index in [1.165, 1.54) is 0 Å². The third-order valence-electron chi connectivity index (χ3n) is 2.76. The molecule has 0 fully saturated rings. The summed E-state index contributed by atoms with van der Waals surface area (Å²) in [6, 6.07) is 3.93. The maximum absolute atomic E-state index is 11.7. The smallest absolute Gasteiger partial charge is 0.242 e. The number of rotatable bonds is 7. The maximum atomic E-state index is 11.7. The van der Waals surface area contributed by atoms with Crippen molar-refractivity contribution >= 4 is 11.9 Å². The first-order valence-electron chi connectivity index (χ1n) is 6.99. The fourth-order valence-electron chi connectivity index (χ4n) is 1.46. The SMILES string of the molecule is CCNC(=NCC(=O)NCc1ccco1)NC(C)CC. The van der Waals surface area contributed by atoms with Crippen molar-refractivity contribution in [1.82, 2.24) is 16.0 Å². The summed E-state index contributed by atoms with van der Waals surface area (Å²) in [6.45, 7) is 7.39. The second-order valence-corrected chi connectivity index (χ2v) is 4.50. The van der Waals surface area contributed by atoms with Gasteiger partial charge < -0.3 is 20.4 Å². The number of guanidine groups is 1. The predicted molar refractivity (Wildman–Crippen MR) is 79.4 cm³/mol. The van der Waals surface area contributed by atoms with Crippen LogP contribution in [0.5, 0.6) is 0 Å². The lowest BCUT2D eigenvalue weighted by molar-refractivity contribution is -0.119. The zero-order valence-corrected chi connectivity index (χ0v) is 12.4. The molecule has 1 aromatic heterocycles. The molecule has 0 radical (unpaired) electrons. The zero-order chi connectivity index (χ0) is 14.8. The van der Waals surface area contributed by atoms with Crippen LogP contribution >= 0.6 is 0 Å². The molecule has 1 heterocycles. The molecule has 112 valence electrons. The Kier molecular flexibility index (Phi) is 7.24. The van der Waals surface area contributed by atoms with E-state index in [1.807, 2.05) is 13.0 Å². The number of hydrogen-bond acceptors (Lipinski definition) is 3. The van der Waals surface area contributed by atoms with Crippen LogP contribution in [0.15, 0.2) is 27.8 Å². The molecule has 1 rings (SSSR count). The van der Waals surface area contributed by atoms with Crippen LogP contribution in [0.1, 0.15) is 33.0 Å². The molecular formula is C14H24N4O2. The topological polar surface area (TPSA) is 78.7 Å². The third kappa shape index (κ3) is 6.26. The van der Waals surface area contributed by atoms with E-state index in [2.05, 4.69) is 34.8 Å². The minimum atomic E-state index is -0.136. The second-order valence-electron chi connectivity index (χ2n) is 4.50. The number of furan rings is 1. The van der Waals surface area contributed by atoms with Crippen molar-refractivity contribution < 1.29 is 9.21 Å². The molecule has 0 saturated carbocycles. The largest absolute Gasteiger partial charge is 0.467 e. The highest BCUT2D eigenvalue weighted by Crippen LogP contribution is 1.98. The molecule has 6 heteroatoms. The highest BCUT2D eigenvalue weighted by atomic mass is 16.3. The van der Waals surface area contributed by atoms with Gasteiger partial charge in [-0.1, -0.05) is 6.92 Å². The van der Waals surface area contributed by atoms with Gasteiger partial charge in [0, 0.05) is 12.6 Å². The Morgan fingerprint density at radius 1 is 1.40 bits per heavy atom. The van der Waals surface area contributed by atoms with Gasteiger partial charge in [-0.05, 0) is 32.4 Å². The van der Waals surface area contributed by atoms with E-state index < -0.39 is 0 Å². The third-order valence-corrected chi connectivity index (χ3v) is 2.76. The molecule has 0 aliphatic heterocycles. The van der Waals surface area contributed by atoms with Crippen molar-refractivity contribution in [3.05, 3.63) is 24.2 Å². The number of nitrogens with one attached hydrogen (secondary N) is 3. The summed E-state index contributed by atoms with van der Waals surface area (Å²) in [5, 5.41) is 9.10. The van der Waals surface area contributed by atoms with E-state index in [0.717, 1.165) is 18.7 Å². The molecule has 0 spiro atoms. The van der Waals surface area contributed by atoms with Crippen molar-refractivity contribution in [2.24, 2.45) is 4.99 Å². The normalized spacial score (nSPS) is 12.8. The molecule has 0 aromatic carbocycles. The Hall–Kier alpha value is -1.98. The van der Waals surface area contributed by atoms with Gasteiger partial charge in [0.1, 0.15) is 12.3 Å². The average Bonchev–Trinajstić information content (AvgIpc) is 2.95. The lowest BCUT2D eigenvalue weighted by atomic mass is 10.3. The summed E-state index contributed by atoms with van der Waals surface area (Å²) in [7, 11) is 0. The highest BCUT2D eigenvalue weighted by Gasteiger charge is 2.05. The summed E-state index contributed by atoms with van der Waals surface area (Å²) >= 11 is 0. The van der Waals surface area contributed by atoms with Gasteiger partial charge in [0.2, 0.25) is 5.91 Å². The fourth-order valence-corrected chi connectivity index (χ4v) is 1.46. The molecule has 1 atom stereocenters. The van der Waals surface area contributed by atoms with E-state index in [9.17, 15) is 4.79 Å². The minimum Gasteiger partial charge on any atom is -0.467 e. The quantitative estimate of drug-likeness (QED) is 0.519. The van der Waals surface area contributed by atoms with Crippen LogP contribution in [0.25, 0.3) is 0 Å². The monoisotopic (exact) mass is 280 g/mol. The molecule has 1 aromatic rings. The molecule has 3 N–H and O–H groups in total. The summed E-state index contributed by atoms with van der Waals surface area (Å²) in [5.41, 5.74) is 0. The Bertz CT molecular complexity index is 415. The van der Waals surface area contributed by atoms with E-state index in [0.29, 0.717) is 18.5 Å². The summed E-state index contributed by atoms with van der Waals surface area (Å²) in [5.74, 6) is 1.25. The van der Waals surface area contributed by atoms with Crippen LogP contribution in [0, 0.1) is 0 Å². The number of aliphatic imine (C=N–C) groups is 1. The molecule has 6 nitrogen and oxygen atoms in total.